The van der Waals surface area contributed by atoms with Crippen LogP contribution in [0.15, 0.2) is 24.8 Å². The molecule has 5 heteroatoms. The van der Waals surface area contributed by atoms with Crippen molar-refractivity contribution in [3.8, 4) is 0 Å². The molecule has 0 spiro atoms. The SMILES string of the molecule is C=CC(=O)OC(=O)C(=C)C.[Ca+2].[H-].[H-].[Zn]. The van der Waals surface area contributed by atoms with Gasteiger partial charge >= 0.3 is 49.7 Å². The van der Waals surface area contributed by atoms with E-state index in [4.69, 9.17) is 0 Å². The Morgan fingerprint density at radius 3 is 2.17 bits per heavy atom. The van der Waals surface area contributed by atoms with Gasteiger partial charge in [-0.3, -0.25) is 0 Å². The summed E-state index contributed by atoms with van der Waals surface area (Å²) in [4.78, 5) is 20.8. The molecule has 0 aliphatic rings. The number of ether oxygens (including phenoxy) is 1. The zero-order chi connectivity index (χ0) is 8.15. The number of rotatable bonds is 2. The van der Waals surface area contributed by atoms with Gasteiger partial charge in [-0.1, -0.05) is 13.2 Å². The summed E-state index contributed by atoms with van der Waals surface area (Å²) in [5.74, 6) is -1.47. The summed E-state index contributed by atoms with van der Waals surface area (Å²) in [6.45, 7) is 7.85. The molecule has 0 rings (SSSR count). The van der Waals surface area contributed by atoms with E-state index < -0.39 is 11.9 Å². The second-order valence-electron chi connectivity index (χ2n) is 1.69. The molecule has 0 aliphatic heterocycles. The monoisotopic (exact) mass is 246 g/mol. The average Bonchev–Trinajstić information content (AvgIpc) is 1.87. The zero-order valence-electron chi connectivity index (χ0n) is 9.13. The summed E-state index contributed by atoms with van der Waals surface area (Å²) in [6.07, 6.45) is 0.918. The summed E-state index contributed by atoms with van der Waals surface area (Å²) in [7, 11) is 0. The van der Waals surface area contributed by atoms with E-state index in [0.29, 0.717) is 0 Å². The maximum atomic E-state index is 10.5. The number of carbonyl (C=O) groups is 2. The summed E-state index contributed by atoms with van der Waals surface area (Å²) in [5.41, 5.74) is 0.190. The van der Waals surface area contributed by atoms with Gasteiger partial charge in [-0.25, -0.2) is 9.59 Å². The number of carbonyl (C=O) groups excluding carboxylic acids is 2. The largest absolute Gasteiger partial charge is 2.00 e. The van der Waals surface area contributed by atoms with E-state index in [1.54, 1.807) is 0 Å². The minimum atomic E-state index is -0.756. The van der Waals surface area contributed by atoms with Crippen molar-refractivity contribution in [1.82, 2.24) is 0 Å². The van der Waals surface area contributed by atoms with E-state index in [0.717, 1.165) is 6.08 Å². The van der Waals surface area contributed by atoms with Gasteiger partial charge in [0.25, 0.3) is 0 Å². The first-order chi connectivity index (χ1) is 4.57. The minimum absolute atomic E-state index is 0. The van der Waals surface area contributed by atoms with Gasteiger partial charge < -0.3 is 7.59 Å². The summed E-state index contributed by atoms with van der Waals surface area (Å²) in [6, 6.07) is 0. The number of esters is 2. The van der Waals surface area contributed by atoms with Crippen molar-refractivity contribution in [3.63, 3.8) is 0 Å². The van der Waals surface area contributed by atoms with Gasteiger partial charge in [0.2, 0.25) is 0 Å². The molecule has 12 heavy (non-hydrogen) atoms. The van der Waals surface area contributed by atoms with Crippen molar-refractivity contribution in [2.75, 3.05) is 0 Å². The Bertz CT molecular complexity index is 209. The molecule has 60 valence electrons. The first-order valence-electron chi connectivity index (χ1n) is 2.62. The third-order valence-electron chi connectivity index (χ3n) is 0.708. The quantitative estimate of drug-likeness (QED) is 0.312. The number of hydrogen-bond donors (Lipinski definition) is 0. The van der Waals surface area contributed by atoms with Crippen LogP contribution in [0.4, 0.5) is 0 Å². The van der Waals surface area contributed by atoms with Gasteiger partial charge in [-0.05, 0) is 6.92 Å². The molecule has 0 aromatic carbocycles. The maximum absolute atomic E-state index is 10.5. The van der Waals surface area contributed by atoms with Gasteiger partial charge in [-0.2, -0.15) is 0 Å². The molecule has 0 saturated carbocycles. The Kier molecular flexibility index (Phi) is 14.6. The van der Waals surface area contributed by atoms with Gasteiger partial charge in [0, 0.05) is 31.1 Å². The van der Waals surface area contributed by atoms with Gasteiger partial charge in [-0.15, -0.1) is 0 Å². The third-order valence-corrected chi connectivity index (χ3v) is 0.708. The van der Waals surface area contributed by atoms with Crippen LogP contribution < -0.4 is 0 Å². The fourth-order valence-corrected chi connectivity index (χ4v) is 0.220. The maximum Gasteiger partial charge on any atom is 2.00 e. The van der Waals surface area contributed by atoms with Crippen LogP contribution >= 0.6 is 0 Å². The summed E-state index contributed by atoms with van der Waals surface area (Å²) in [5, 5.41) is 0. The van der Waals surface area contributed by atoms with Crippen LogP contribution in [0.1, 0.15) is 9.78 Å². The Morgan fingerprint density at radius 1 is 1.50 bits per heavy atom. The van der Waals surface area contributed by atoms with Crippen LogP contribution in [0.2, 0.25) is 0 Å². The van der Waals surface area contributed by atoms with Crippen LogP contribution in [-0.4, -0.2) is 49.7 Å². The standard InChI is InChI=1S/C7H8O3.Ca.Zn.2H/c1-4-6(8)10-7(9)5(2)3;;;;/h4H,1-2H2,3H3;;;;/q;+2;;2*-1. The molecule has 0 bridgehead atoms. The Morgan fingerprint density at radius 2 is 1.92 bits per heavy atom. The first kappa shape index (κ1) is 18.3. The first-order valence-corrected chi connectivity index (χ1v) is 2.62. The second kappa shape index (κ2) is 9.59. The van der Waals surface area contributed by atoms with Crippen molar-refractivity contribution in [2.45, 2.75) is 6.92 Å². The molecular weight excluding hydrogens is 238 g/mol. The van der Waals surface area contributed by atoms with Crippen LogP contribution in [-0.2, 0) is 33.8 Å². The van der Waals surface area contributed by atoms with E-state index in [1.807, 2.05) is 0 Å². The van der Waals surface area contributed by atoms with Crippen molar-refractivity contribution in [3.05, 3.63) is 24.8 Å². The molecule has 0 aromatic rings. The molecule has 0 saturated heterocycles. The van der Waals surface area contributed by atoms with Gasteiger partial charge in [0.1, 0.15) is 0 Å². The molecule has 0 radical (unpaired) electrons. The van der Waals surface area contributed by atoms with Crippen molar-refractivity contribution in [2.24, 2.45) is 0 Å². The third kappa shape index (κ3) is 8.60. The Balaban J connectivity index is -0.0000000675. The fraction of sp³-hybridized carbons (Fsp3) is 0.143. The normalized spacial score (nSPS) is 6.75. The van der Waals surface area contributed by atoms with Gasteiger partial charge in [0.15, 0.2) is 0 Å². The molecular formula is C7H10CaO3Zn. The molecule has 0 N–H and O–H groups in total. The number of hydrogen-bond acceptors (Lipinski definition) is 3. The van der Waals surface area contributed by atoms with Crippen LogP contribution in [0.5, 0.6) is 0 Å². The summed E-state index contributed by atoms with van der Waals surface area (Å²) < 4.78 is 4.17. The molecule has 0 fully saturated rings. The van der Waals surface area contributed by atoms with Gasteiger partial charge in [0.05, 0.1) is 0 Å². The van der Waals surface area contributed by atoms with Crippen LogP contribution in [0.3, 0.4) is 0 Å². The van der Waals surface area contributed by atoms with E-state index in [1.165, 1.54) is 6.92 Å². The molecule has 0 heterocycles. The molecule has 0 atom stereocenters. The topological polar surface area (TPSA) is 43.4 Å². The average molecular weight is 248 g/mol. The van der Waals surface area contributed by atoms with Crippen molar-refractivity contribution in [1.29, 1.82) is 0 Å². The van der Waals surface area contributed by atoms with E-state index >= 15 is 0 Å². The molecule has 0 aromatic heterocycles. The van der Waals surface area contributed by atoms with Crippen molar-refractivity contribution >= 4 is 49.7 Å². The smallest absolute Gasteiger partial charge is 1.00 e. The Hall–Kier alpha value is 0.503. The second-order valence-corrected chi connectivity index (χ2v) is 1.69. The zero-order valence-corrected chi connectivity index (χ0v) is 12.3. The predicted octanol–water partition coefficient (Wildman–Crippen LogP) is 0.660. The van der Waals surface area contributed by atoms with Crippen molar-refractivity contribution < 1.29 is 36.7 Å². The van der Waals surface area contributed by atoms with Crippen LogP contribution in [0.25, 0.3) is 0 Å². The minimum Gasteiger partial charge on any atom is -1.00 e. The molecule has 0 unspecified atom stereocenters. The van der Waals surface area contributed by atoms with E-state index in [-0.39, 0.29) is 65.6 Å². The molecule has 0 amide bonds. The van der Waals surface area contributed by atoms with E-state index in [9.17, 15) is 9.59 Å². The molecule has 0 aliphatic carbocycles. The fourth-order valence-electron chi connectivity index (χ4n) is 0.220. The summed E-state index contributed by atoms with van der Waals surface area (Å²) >= 11 is 0. The Labute approximate surface area is 117 Å². The van der Waals surface area contributed by atoms with E-state index in [2.05, 4.69) is 17.9 Å². The molecule has 3 nitrogen and oxygen atoms in total. The van der Waals surface area contributed by atoms with Crippen LogP contribution in [0, 0.1) is 0 Å². The predicted molar refractivity (Wildman–Crippen MR) is 44.1 cm³/mol.